The molecule has 0 unspecified atom stereocenters. The Balaban J connectivity index is 1.39. The smallest absolute Gasteiger partial charge is 0.263 e. The van der Waals surface area contributed by atoms with E-state index >= 15 is 0 Å². The van der Waals surface area contributed by atoms with Gasteiger partial charge in [0.1, 0.15) is 0 Å². The van der Waals surface area contributed by atoms with E-state index in [1.165, 1.54) is 16.9 Å². The van der Waals surface area contributed by atoms with E-state index in [2.05, 4.69) is 29.4 Å². The predicted octanol–water partition coefficient (Wildman–Crippen LogP) is 4.27. The number of benzene rings is 1. The number of amides is 2. The molecular formula is C26H32N4O2S. The van der Waals surface area contributed by atoms with E-state index < -0.39 is 0 Å². The molecule has 0 saturated carbocycles. The van der Waals surface area contributed by atoms with Gasteiger partial charge in [0, 0.05) is 45.3 Å². The first-order valence-electron chi connectivity index (χ1n) is 11.6. The highest BCUT2D eigenvalue weighted by Gasteiger charge is 2.33. The Morgan fingerprint density at radius 3 is 2.52 bits per heavy atom. The minimum absolute atomic E-state index is 0.0824. The molecule has 1 aliphatic heterocycles. The van der Waals surface area contributed by atoms with Crippen LogP contribution >= 0.6 is 11.3 Å². The molecular weight excluding hydrogens is 432 g/mol. The largest absolute Gasteiger partial charge is 0.343 e. The van der Waals surface area contributed by atoms with Crippen LogP contribution < -0.4 is 0 Å². The van der Waals surface area contributed by atoms with Crippen LogP contribution in [0.25, 0.3) is 0 Å². The molecule has 1 fully saturated rings. The number of aryl methyl sites for hydroxylation is 2. The Kier molecular flexibility index (Phi) is 7.60. The highest BCUT2D eigenvalue weighted by Crippen LogP contribution is 2.28. The second-order valence-electron chi connectivity index (χ2n) is 8.84. The summed E-state index contributed by atoms with van der Waals surface area (Å²) >= 11 is 1.49. The number of nitrogens with zero attached hydrogens (tertiary/aromatic N) is 4. The van der Waals surface area contributed by atoms with Crippen molar-refractivity contribution >= 4 is 23.2 Å². The zero-order valence-corrected chi connectivity index (χ0v) is 20.2. The average molecular weight is 465 g/mol. The van der Waals surface area contributed by atoms with Gasteiger partial charge in [-0.05, 0) is 55.2 Å². The summed E-state index contributed by atoms with van der Waals surface area (Å²) in [7, 11) is 1.93. The fraction of sp³-hybridized carbons (Fsp3) is 0.423. The minimum atomic E-state index is 0.0824. The van der Waals surface area contributed by atoms with E-state index in [4.69, 9.17) is 0 Å². The summed E-state index contributed by atoms with van der Waals surface area (Å²) < 4.78 is 1.83. The first-order valence-corrected chi connectivity index (χ1v) is 12.5. The van der Waals surface area contributed by atoms with E-state index in [0.29, 0.717) is 18.9 Å². The van der Waals surface area contributed by atoms with E-state index in [0.717, 1.165) is 42.9 Å². The second-order valence-corrected chi connectivity index (χ2v) is 9.79. The van der Waals surface area contributed by atoms with Crippen molar-refractivity contribution < 1.29 is 9.59 Å². The first kappa shape index (κ1) is 23.2. The zero-order valence-electron chi connectivity index (χ0n) is 19.4. The van der Waals surface area contributed by atoms with Crippen LogP contribution in [0.3, 0.4) is 0 Å². The third-order valence-corrected chi connectivity index (χ3v) is 7.46. The molecule has 0 spiro atoms. The van der Waals surface area contributed by atoms with Crippen LogP contribution in [-0.2, 0) is 17.8 Å². The maximum atomic E-state index is 13.1. The lowest BCUT2D eigenvalue weighted by atomic mass is 9.84. The van der Waals surface area contributed by atoms with Gasteiger partial charge in [0.15, 0.2) is 0 Å². The number of hydrogen-bond donors (Lipinski definition) is 0. The minimum Gasteiger partial charge on any atom is -0.343 e. The van der Waals surface area contributed by atoms with E-state index in [-0.39, 0.29) is 17.9 Å². The molecule has 1 atom stereocenters. The van der Waals surface area contributed by atoms with Gasteiger partial charge in [-0.2, -0.15) is 5.10 Å². The van der Waals surface area contributed by atoms with E-state index in [1.54, 1.807) is 0 Å². The number of carbonyl (C=O) groups is 2. The molecule has 0 N–H and O–H groups in total. The summed E-state index contributed by atoms with van der Waals surface area (Å²) in [5.74, 6) is 0.625. The van der Waals surface area contributed by atoms with Crippen LogP contribution in [0.4, 0.5) is 0 Å². The van der Waals surface area contributed by atoms with Crippen molar-refractivity contribution in [2.24, 2.45) is 5.92 Å². The van der Waals surface area contributed by atoms with Gasteiger partial charge < -0.3 is 9.80 Å². The topological polar surface area (TPSA) is 58.4 Å². The van der Waals surface area contributed by atoms with Crippen molar-refractivity contribution in [3.63, 3.8) is 0 Å². The normalized spacial score (nSPS) is 15.4. The lowest BCUT2D eigenvalue weighted by molar-refractivity contribution is -0.133. The van der Waals surface area contributed by atoms with Crippen LogP contribution in [0.1, 0.15) is 40.2 Å². The van der Waals surface area contributed by atoms with Gasteiger partial charge >= 0.3 is 0 Å². The summed E-state index contributed by atoms with van der Waals surface area (Å²) in [5, 5.41) is 6.32. The van der Waals surface area contributed by atoms with Crippen molar-refractivity contribution in [3.05, 3.63) is 76.2 Å². The molecule has 3 heterocycles. The number of piperidine rings is 1. The highest BCUT2D eigenvalue weighted by atomic mass is 32.1. The van der Waals surface area contributed by atoms with Crippen LogP contribution in [-0.4, -0.2) is 57.6 Å². The number of rotatable bonds is 8. The maximum absolute atomic E-state index is 13.1. The maximum Gasteiger partial charge on any atom is 0.263 e. The summed E-state index contributed by atoms with van der Waals surface area (Å²) in [6.45, 7) is 4.05. The summed E-state index contributed by atoms with van der Waals surface area (Å²) in [6, 6.07) is 16.3. The number of hydrogen-bond acceptors (Lipinski definition) is 4. The number of likely N-dealkylation sites (tertiary alicyclic amines) is 1. The Morgan fingerprint density at radius 2 is 1.88 bits per heavy atom. The third kappa shape index (κ3) is 5.90. The average Bonchev–Trinajstić information content (AvgIpc) is 3.53. The number of thiophene rings is 1. The SMILES string of the molecule is Cc1ccn(CCC(=O)N2CCC([C@H](Cc3ccccc3)N(C)C(=O)c3cccs3)CC2)n1. The number of aromatic nitrogens is 2. The molecule has 3 aromatic rings. The van der Waals surface area contributed by atoms with Gasteiger partial charge in [-0.1, -0.05) is 36.4 Å². The highest BCUT2D eigenvalue weighted by molar-refractivity contribution is 7.12. The van der Waals surface area contributed by atoms with Crippen LogP contribution in [0.2, 0.25) is 0 Å². The predicted molar refractivity (Wildman–Crippen MR) is 131 cm³/mol. The fourth-order valence-corrected chi connectivity index (χ4v) is 5.40. The van der Waals surface area contributed by atoms with Crippen molar-refractivity contribution in [2.75, 3.05) is 20.1 Å². The molecule has 174 valence electrons. The lowest BCUT2D eigenvalue weighted by Crippen LogP contribution is -2.48. The van der Waals surface area contributed by atoms with Gasteiger partial charge in [0.2, 0.25) is 5.91 Å². The van der Waals surface area contributed by atoms with Crippen molar-refractivity contribution in [2.45, 2.75) is 45.2 Å². The van der Waals surface area contributed by atoms with Crippen LogP contribution in [0.5, 0.6) is 0 Å². The molecule has 0 bridgehead atoms. The van der Waals surface area contributed by atoms with Crippen LogP contribution in [0, 0.1) is 12.8 Å². The Labute approximate surface area is 199 Å². The van der Waals surface area contributed by atoms with Gasteiger partial charge in [-0.3, -0.25) is 14.3 Å². The molecule has 6 nitrogen and oxygen atoms in total. The van der Waals surface area contributed by atoms with Gasteiger partial charge in [-0.25, -0.2) is 0 Å². The van der Waals surface area contributed by atoms with Gasteiger partial charge in [0.05, 0.1) is 10.6 Å². The zero-order chi connectivity index (χ0) is 23.2. The lowest BCUT2D eigenvalue weighted by Gasteiger charge is -2.40. The molecule has 2 aromatic heterocycles. The second kappa shape index (κ2) is 10.8. The van der Waals surface area contributed by atoms with Crippen molar-refractivity contribution in [1.29, 1.82) is 0 Å². The first-order chi connectivity index (χ1) is 16.0. The Hall–Kier alpha value is -2.93. The molecule has 2 amide bonds. The van der Waals surface area contributed by atoms with E-state index in [1.807, 2.05) is 64.3 Å². The molecule has 0 radical (unpaired) electrons. The quantitative estimate of drug-likeness (QED) is 0.500. The Bertz CT molecular complexity index is 1040. The summed E-state index contributed by atoms with van der Waals surface area (Å²) in [5.41, 5.74) is 2.20. The number of likely N-dealkylation sites (N-methyl/N-ethyl adjacent to an activating group) is 1. The summed E-state index contributed by atoms with van der Waals surface area (Å²) in [4.78, 5) is 30.6. The molecule has 1 aliphatic rings. The summed E-state index contributed by atoms with van der Waals surface area (Å²) in [6.07, 6.45) is 5.03. The van der Waals surface area contributed by atoms with Crippen molar-refractivity contribution in [1.82, 2.24) is 19.6 Å². The Morgan fingerprint density at radius 1 is 1.12 bits per heavy atom. The van der Waals surface area contributed by atoms with Crippen molar-refractivity contribution in [3.8, 4) is 0 Å². The molecule has 7 heteroatoms. The third-order valence-electron chi connectivity index (χ3n) is 6.60. The number of carbonyl (C=O) groups excluding carboxylic acids is 2. The molecule has 33 heavy (non-hydrogen) atoms. The van der Waals surface area contributed by atoms with E-state index in [9.17, 15) is 9.59 Å². The van der Waals surface area contributed by atoms with Gasteiger partial charge in [0.25, 0.3) is 5.91 Å². The molecule has 1 saturated heterocycles. The molecule has 4 rings (SSSR count). The molecule has 1 aromatic carbocycles. The standard InChI is InChI=1S/C26H32N4O2S/c1-20-10-16-30(27-20)17-13-25(31)29-14-11-22(12-15-29)23(19-21-7-4-3-5-8-21)28(2)26(32)24-9-6-18-33-24/h3-10,16,18,22-23H,11-15,17,19H2,1-2H3/t23-/m0/s1. The fourth-order valence-electron chi connectivity index (χ4n) is 4.69. The van der Waals surface area contributed by atoms with Crippen LogP contribution in [0.15, 0.2) is 60.1 Å². The molecule has 0 aliphatic carbocycles. The van der Waals surface area contributed by atoms with Gasteiger partial charge in [-0.15, -0.1) is 11.3 Å². The monoisotopic (exact) mass is 464 g/mol.